The van der Waals surface area contributed by atoms with E-state index in [2.05, 4.69) is 0 Å². The number of carboxylic acid groups (broad SMARTS) is 1. The predicted octanol–water partition coefficient (Wildman–Crippen LogP) is 1.96. The van der Waals surface area contributed by atoms with Crippen LogP contribution in [0.15, 0.2) is 18.2 Å². The average molecular weight is 298 g/mol. The molecule has 1 aliphatic heterocycles. The van der Waals surface area contributed by atoms with Gasteiger partial charge in [-0.05, 0) is 37.6 Å². The van der Waals surface area contributed by atoms with Crippen LogP contribution in [-0.2, 0) is 9.53 Å². The Morgan fingerprint density at radius 1 is 1.45 bits per heavy atom. The summed E-state index contributed by atoms with van der Waals surface area (Å²) in [7, 11) is 0. The SMILES string of the molecule is Cc1cc(C(=O)N2CC(C)(OCC(=O)O)C2)ccc1Cl. The maximum atomic E-state index is 12.2. The Bertz CT molecular complexity index is 552. The number of rotatable bonds is 4. The molecule has 1 N–H and O–H groups in total. The topological polar surface area (TPSA) is 66.8 Å². The molecule has 20 heavy (non-hydrogen) atoms. The number of amides is 1. The number of aliphatic carboxylic acids is 1. The van der Waals surface area contributed by atoms with Crippen molar-refractivity contribution in [1.82, 2.24) is 4.90 Å². The van der Waals surface area contributed by atoms with E-state index >= 15 is 0 Å². The lowest BCUT2D eigenvalue weighted by molar-refractivity contribution is -0.159. The van der Waals surface area contributed by atoms with Crippen LogP contribution in [0.25, 0.3) is 0 Å². The van der Waals surface area contributed by atoms with Crippen molar-refractivity contribution in [3.63, 3.8) is 0 Å². The van der Waals surface area contributed by atoms with Crippen molar-refractivity contribution in [3.8, 4) is 0 Å². The number of likely N-dealkylation sites (tertiary alicyclic amines) is 1. The van der Waals surface area contributed by atoms with E-state index in [0.29, 0.717) is 23.7 Å². The van der Waals surface area contributed by atoms with Gasteiger partial charge in [0.1, 0.15) is 12.2 Å². The van der Waals surface area contributed by atoms with Gasteiger partial charge in [0.05, 0.1) is 13.1 Å². The van der Waals surface area contributed by atoms with Crippen molar-refractivity contribution in [1.29, 1.82) is 0 Å². The number of benzene rings is 1. The van der Waals surface area contributed by atoms with E-state index < -0.39 is 11.6 Å². The summed E-state index contributed by atoms with van der Waals surface area (Å²) in [4.78, 5) is 24.3. The number of aryl methyl sites for hydroxylation is 1. The van der Waals surface area contributed by atoms with Crippen LogP contribution in [-0.4, -0.2) is 47.2 Å². The monoisotopic (exact) mass is 297 g/mol. The van der Waals surface area contributed by atoms with Crippen LogP contribution in [0.2, 0.25) is 5.02 Å². The minimum absolute atomic E-state index is 0.0961. The molecule has 1 aliphatic rings. The largest absolute Gasteiger partial charge is 0.480 e. The van der Waals surface area contributed by atoms with Crippen LogP contribution in [0.3, 0.4) is 0 Å². The minimum Gasteiger partial charge on any atom is -0.480 e. The standard InChI is InChI=1S/C14H16ClNO4/c1-9-5-10(3-4-11(9)15)13(19)16-7-14(2,8-16)20-6-12(17)18/h3-5H,6-8H2,1-2H3,(H,17,18). The van der Waals surface area contributed by atoms with Crippen LogP contribution < -0.4 is 0 Å². The molecule has 108 valence electrons. The normalized spacial score (nSPS) is 16.6. The van der Waals surface area contributed by atoms with Gasteiger partial charge in [-0.3, -0.25) is 4.79 Å². The first-order valence-electron chi connectivity index (χ1n) is 6.22. The fourth-order valence-corrected chi connectivity index (χ4v) is 2.31. The molecule has 6 heteroatoms. The number of carboxylic acids is 1. The summed E-state index contributed by atoms with van der Waals surface area (Å²) in [6, 6.07) is 5.13. The highest BCUT2D eigenvalue weighted by Gasteiger charge is 2.42. The Balaban J connectivity index is 1.96. The molecular formula is C14H16ClNO4. The summed E-state index contributed by atoms with van der Waals surface area (Å²) >= 11 is 5.93. The Kier molecular flexibility index (Phi) is 4.01. The van der Waals surface area contributed by atoms with E-state index in [9.17, 15) is 9.59 Å². The molecule has 0 radical (unpaired) electrons. The second-order valence-electron chi connectivity index (χ2n) is 5.26. The van der Waals surface area contributed by atoms with Crippen LogP contribution in [0.5, 0.6) is 0 Å². The molecule has 1 amide bonds. The van der Waals surface area contributed by atoms with Gasteiger partial charge in [-0.2, -0.15) is 0 Å². The number of hydrogen-bond acceptors (Lipinski definition) is 3. The number of hydrogen-bond donors (Lipinski definition) is 1. The second kappa shape index (κ2) is 5.42. The summed E-state index contributed by atoms with van der Waals surface area (Å²) in [6.45, 7) is 4.07. The van der Waals surface area contributed by atoms with Gasteiger partial charge in [-0.25, -0.2) is 4.79 Å². The maximum absolute atomic E-state index is 12.2. The number of ether oxygens (including phenoxy) is 1. The van der Waals surface area contributed by atoms with E-state index in [1.165, 1.54) is 0 Å². The zero-order valence-electron chi connectivity index (χ0n) is 11.4. The van der Waals surface area contributed by atoms with Gasteiger partial charge in [0.25, 0.3) is 5.91 Å². The van der Waals surface area contributed by atoms with Crippen LogP contribution in [0.4, 0.5) is 0 Å². The van der Waals surface area contributed by atoms with Crippen molar-refractivity contribution in [2.75, 3.05) is 19.7 Å². The number of carbonyl (C=O) groups excluding carboxylic acids is 1. The zero-order chi connectivity index (χ0) is 14.9. The van der Waals surface area contributed by atoms with E-state index in [1.807, 2.05) is 6.92 Å². The highest BCUT2D eigenvalue weighted by molar-refractivity contribution is 6.31. The summed E-state index contributed by atoms with van der Waals surface area (Å²) in [6.07, 6.45) is 0. The van der Waals surface area contributed by atoms with Crippen molar-refractivity contribution in [2.24, 2.45) is 0 Å². The van der Waals surface area contributed by atoms with Gasteiger partial charge in [0, 0.05) is 10.6 Å². The summed E-state index contributed by atoms with van der Waals surface area (Å²) in [5.41, 5.74) is 0.852. The van der Waals surface area contributed by atoms with Crippen LogP contribution in [0.1, 0.15) is 22.8 Å². The van der Waals surface area contributed by atoms with Gasteiger partial charge in [-0.15, -0.1) is 0 Å². The Hall–Kier alpha value is -1.59. The molecule has 0 aliphatic carbocycles. The fraction of sp³-hybridized carbons (Fsp3) is 0.429. The molecule has 0 saturated carbocycles. The summed E-state index contributed by atoms with van der Waals surface area (Å²) in [5, 5.41) is 9.21. The third kappa shape index (κ3) is 3.11. The molecule has 0 bridgehead atoms. The predicted molar refractivity (Wildman–Crippen MR) is 74.1 cm³/mol. The third-order valence-corrected chi connectivity index (χ3v) is 3.71. The first kappa shape index (κ1) is 14.8. The number of halogens is 1. The molecule has 1 aromatic carbocycles. The van der Waals surface area contributed by atoms with Gasteiger partial charge >= 0.3 is 5.97 Å². The first-order valence-corrected chi connectivity index (χ1v) is 6.60. The van der Waals surface area contributed by atoms with Gasteiger partial charge < -0.3 is 14.7 Å². The molecule has 1 fully saturated rings. The number of nitrogens with zero attached hydrogens (tertiary/aromatic N) is 1. The molecular weight excluding hydrogens is 282 g/mol. The van der Waals surface area contributed by atoms with Crippen molar-refractivity contribution in [3.05, 3.63) is 34.3 Å². The van der Waals surface area contributed by atoms with Gasteiger partial charge in [0.2, 0.25) is 0 Å². The van der Waals surface area contributed by atoms with Crippen molar-refractivity contribution < 1.29 is 19.4 Å². The molecule has 0 atom stereocenters. The Labute approximate surface area is 122 Å². The molecule has 1 saturated heterocycles. The highest BCUT2D eigenvalue weighted by atomic mass is 35.5. The number of carbonyl (C=O) groups is 2. The van der Waals surface area contributed by atoms with Gasteiger partial charge in [0.15, 0.2) is 0 Å². The molecule has 0 spiro atoms. The lowest BCUT2D eigenvalue weighted by Gasteiger charge is -2.47. The molecule has 5 nitrogen and oxygen atoms in total. The van der Waals surface area contributed by atoms with E-state index in [0.717, 1.165) is 5.56 Å². The van der Waals surface area contributed by atoms with Crippen molar-refractivity contribution >= 4 is 23.5 Å². The zero-order valence-corrected chi connectivity index (χ0v) is 12.1. The Morgan fingerprint density at radius 3 is 2.65 bits per heavy atom. The first-order chi connectivity index (χ1) is 9.31. The molecule has 0 aromatic heterocycles. The van der Waals surface area contributed by atoms with Crippen LogP contribution >= 0.6 is 11.6 Å². The van der Waals surface area contributed by atoms with E-state index in [4.69, 9.17) is 21.4 Å². The highest BCUT2D eigenvalue weighted by Crippen LogP contribution is 2.27. The smallest absolute Gasteiger partial charge is 0.329 e. The molecule has 0 unspecified atom stereocenters. The quantitative estimate of drug-likeness (QED) is 0.922. The lowest BCUT2D eigenvalue weighted by Crippen LogP contribution is -2.63. The summed E-state index contributed by atoms with van der Waals surface area (Å²) in [5.74, 6) is -1.11. The molecule has 2 rings (SSSR count). The molecule has 1 aromatic rings. The van der Waals surface area contributed by atoms with Crippen molar-refractivity contribution in [2.45, 2.75) is 19.4 Å². The second-order valence-corrected chi connectivity index (χ2v) is 5.66. The Morgan fingerprint density at radius 2 is 2.10 bits per heavy atom. The average Bonchev–Trinajstić information content (AvgIpc) is 2.35. The van der Waals surface area contributed by atoms with Gasteiger partial charge in [-0.1, -0.05) is 11.6 Å². The minimum atomic E-state index is -1.01. The summed E-state index contributed by atoms with van der Waals surface area (Å²) < 4.78 is 5.27. The lowest BCUT2D eigenvalue weighted by atomic mass is 9.95. The van der Waals surface area contributed by atoms with E-state index in [-0.39, 0.29) is 12.5 Å². The van der Waals surface area contributed by atoms with Crippen LogP contribution in [0, 0.1) is 6.92 Å². The third-order valence-electron chi connectivity index (χ3n) is 3.29. The molecule has 1 heterocycles. The van der Waals surface area contributed by atoms with E-state index in [1.54, 1.807) is 30.0 Å². The fourth-order valence-electron chi connectivity index (χ4n) is 2.19. The maximum Gasteiger partial charge on any atom is 0.329 e.